The number of aryl methyl sites for hydroxylation is 2. The fraction of sp³-hybridized carbons (Fsp3) is 0.368. The van der Waals surface area contributed by atoms with Crippen LogP contribution in [-0.2, 0) is 13.6 Å². The molecule has 0 aliphatic heterocycles. The van der Waals surface area contributed by atoms with E-state index in [1.54, 1.807) is 26.1 Å². The monoisotopic (exact) mass is 521 g/mol. The summed E-state index contributed by atoms with van der Waals surface area (Å²) in [5.41, 5.74) is 1.87. The highest BCUT2D eigenvalue weighted by Gasteiger charge is 2.10. The van der Waals surface area contributed by atoms with Crippen LogP contribution in [0.2, 0.25) is 5.02 Å². The first-order valence-corrected chi connectivity index (χ1v) is 8.96. The van der Waals surface area contributed by atoms with Gasteiger partial charge in [0.1, 0.15) is 5.82 Å². The Morgan fingerprint density at radius 1 is 1.29 bits per heavy atom. The number of carbonyl (C=O) groups is 1. The van der Waals surface area contributed by atoms with Crippen LogP contribution in [0.15, 0.2) is 35.5 Å². The van der Waals surface area contributed by atoms with Crippen molar-refractivity contribution in [3.05, 3.63) is 58.1 Å². The second-order valence-electron chi connectivity index (χ2n) is 6.31. The number of nitrogens with zero attached hydrogens (tertiary/aromatic N) is 3. The summed E-state index contributed by atoms with van der Waals surface area (Å²) in [5.74, 6) is 0.00373. The molecule has 0 aliphatic rings. The minimum atomic E-state index is -0.386. The van der Waals surface area contributed by atoms with Gasteiger partial charge in [0.25, 0.3) is 5.91 Å². The number of nitrogens with one attached hydrogen (secondary N) is 2. The maximum Gasteiger partial charge on any atom is 0.251 e. The second-order valence-corrected chi connectivity index (χ2v) is 6.75. The average molecular weight is 522 g/mol. The van der Waals surface area contributed by atoms with Crippen molar-refractivity contribution >= 4 is 47.4 Å². The highest BCUT2D eigenvalue weighted by Crippen LogP contribution is 2.14. The summed E-state index contributed by atoms with van der Waals surface area (Å²) in [5, 5.41) is 6.64. The third kappa shape index (κ3) is 6.66. The number of halogens is 3. The Morgan fingerprint density at radius 2 is 1.96 bits per heavy atom. The molecule has 6 nitrogen and oxygen atoms in total. The smallest absolute Gasteiger partial charge is 0.251 e. The number of rotatable bonds is 6. The molecule has 154 valence electrons. The number of hydrogen-bond donors (Lipinski definition) is 2. The maximum absolute atomic E-state index is 13.6. The number of aromatic nitrogens is 1. The quantitative estimate of drug-likeness (QED) is 0.266. The molecule has 2 aromatic rings. The van der Waals surface area contributed by atoms with Gasteiger partial charge >= 0.3 is 0 Å². The Kier molecular flexibility index (Phi) is 9.74. The van der Waals surface area contributed by atoms with Gasteiger partial charge in [-0.1, -0.05) is 17.7 Å². The third-order valence-electron chi connectivity index (χ3n) is 4.17. The van der Waals surface area contributed by atoms with Crippen molar-refractivity contribution in [1.82, 2.24) is 20.1 Å². The lowest BCUT2D eigenvalue weighted by Crippen LogP contribution is -2.42. The van der Waals surface area contributed by atoms with Crippen molar-refractivity contribution in [3.8, 4) is 0 Å². The van der Waals surface area contributed by atoms with Crippen molar-refractivity contribution in [1.29, 1.82) is 0 Å². The Hall–Kier alpha value is -1.81. The van der Waals surface area contributed by atoms with Crippen LogP contribution in [0.5, 0.6) is 0 Å². The van der Waals surface area contributed by atoms with Crippen molar-refractivity contribution in [2.75, 3.05) is 27.2 Å². The van der Waals surface area contributed by atoms with Crippen LogP contribution >= 0.6 is 35.6 Å². The Bertz CT molecular complexity index is 840. The van der Waals surface area contributed by atoms with E-state index in [0.717, 1.165) is 5.69 Å². The summed E-state index contributed by atoms with van der Waals surface area (Å²) >= 11 is 6.01. The molecule has 1 amide bonds. The van der Waals surface area contributed by atoms with Gasteiger partial charge in [0.15, 0.2) is 5.96 Å². The summed E-state index contributed by atoms with van der Waals surface area (Å²) in [6.45, 7) is 3.17. The number of hydrogen-bond acceptors (Lipinski definition) is 2. The van der Waals surface area contributed by atoms with E-state index in [1.807, 2.05) is 35.8 Å². The zero-order chi connectivity index (χ0) is 20.0. The minimum Gasteiger partial charge on any atom is -0.354 e. The van der Waals surface area contributed by atoms with Gasteiger partial charge in [0.2, 0.25) is 0 Å². The maximum atomic E-state index is 13.6. The van der Waals surface area contributed by atoms with E-state index >= 15 is 0 Å². The van der Waals surface area contributed by atoms with Crippen LogP contribution in [0.25, 0.3) is 0 Å². The predicted octanol–water partition coefficient (Wildman–Crippen LogP) is 3.18. The third-order valence-corrected chi connectivity index (χ3v) is 4.38. The standard InChI is InChI=1S/C19H25ClFN5O.HI/c1-13-5-6-14(9-17(13)21)18(27)23-7-8-24-19(22-2)26(4)12-16-10-15(20)11-25(16)3;/h5-6,9-11H,7-8,12H2,1-4H3,(H,22,24)(H,23,27);1H. The zero-order valence-corrected chi connectivity index (χ0v) is 19.5. The van der Waals surface area contributed by atoms with Crippen LogP contribution in [0, 0.1) is 12.7 Å². The molecule has 1 aromatic heterocycles. The molecule has 0 bridgehead atoms. The van der Waals surface area contributed by atoms with Crippen LogP contribution in [0.3, 0.4) is 0 Å². The number of carbonyl (C=O) groups excluding carboxylic acids is 1. The van der Waals surface area contributed by atoms with E-state index in [-0.39, 0.29) is 35.7 Å². The van der Waals surface area contributed by atoms with Crippen molar-refractivity contribution < 1.29 is 9.18 Å². The first-order valence-electron chi connectivity index (χ1n) is 8.58. The second kappa shape index (κ2) is 11.3. The molecule has 28 heavy (non-hydrogen) atoms. The van der Waals surface area contributed by atoms with Crippen molar-refractivity contribution in [2.24, 2.45) is 12.0 Å². The van der Waals surface area contributed by atoms with Gasteiger partial charge in [-0.25, -0.2) is 4.39 Å². The summed E-state index contributed by atoms with van der Waals surface area (Å²) in [4.78, 5) is 18.3. The molecular formula is C19H26ClFIN5O. The molecule has 2 N–H and O–H groups in total. The molecule has 0 saturated heterocycles. The molecule has 9 heteroatoms. The summed E-state index contributed by atoms with van der Waals surface area (Å²) < 4.78 is 15.5. The molecule has 0 unspecified atom stereocenters. The summed E-state index contributed by atoms with van der Waals surface area (Å²) in [6.07, 6.45) is 1.85. The molecule has 0 atom stereocenters. The lowest BCUT2D eigenvalue weighted by molar-refractivity contribution is 0.0954. The Labute approximate surface area is 187 Å². The van der Waals surface area contributed by atoms with Gasteiger partial charge in [0.05, 0.1) is 11.6 Å². The van der Waals surface area contributed by atoms with E-state index in [2.05, 4.69) is 15.6 Å². The molecule has 0 saturated carbocycles. The Balaban J connectivity index is 0.00000392. The van der Waals surface area contributed by atoms with Gasteiger partial charge in [-0.05, 0) is 30.7 Å². The van der Waals surface area contributed by atoms with E-state index < -0.39 is 0 Å². The van der Waals surface area contributed by atoms with Crippen molar-refractivity contribution in [3.63, 3.8) is 0 Å². The molecule has 0 fully saturated rings. The van der Waals surface area contributed by atoms with Crippen LogP contribution in [0.1, 0.15) is 21.6 Å². The molecule has 0 aliphatic carbocycles. The first kappa shape index (κ1) is 24.2. The largest absolute Gasteiger partial charge is 0.354 e. The molecule has 0 spiro atoms. The van der Waals surface area contributed by atoms with Crippen LogP contribution in [-0.4, -0.2) is 48.5 Å². The molecular weight excluding hydrogens is 496 g/mol. The van der Waals surface area contributed by atoms with Crippen molar-refractivity contribution in [2.45, 2.75) is 13.5 Å². The lowest BCUT2D eigenvalue weighted by Gasteiger charge is -2.22. The molecule has 1 heterocycles. The van der Waals surface area contributed by atoms with E-state index in [1.165, 1.54) is 6.07 Å². The summed E-state index contributed by atoms with van der Waals surface area (Å²) in [6, 6.07) is 6.36. The fourth-order valence-electron chi connectivity index (χ4n) is 2.61. The molecule has 2 rings (SSSR count). The highest BCUT2D eigenvalue weighted by molar-refractivity contribution is 14.0. The van der Waals surface area contributed by atoms with Gasteiger partial charge in [-0.2, -0.15) is 0 Å². The SMILES string of the molecule is CN=C(NCCNC(=O)c1ccc(C)c(F)c1)N(C)Cc1cc(Cl)cn1C.I. The molecule has 1 aromatic carbocycles. The lowest BCUT2D eigenvalue weighted by atomic mass is 10.1. The van der Waals surface area contributed by atoms with Gasteiger partial charge in [-0.15, -0.1) is 24.0 Å². The van der Waals surface area contributed by atoms with Crippen LogP contribution in [0.4, 0.5) is 4.39 Å². The van der Waals surface area contributed by atoms with Gasteiger partial charge < -0.3 is 20.1 Å². The summed E-state index contributed by atoms with van der Waals surface area (Å²) in [7, 11) is 5.56. The number of benzene rings is 1. The zero-order valence-electron chi connectivity index (χ0n) is 16.4. The molecule has 0 radical (unpaired) electrons. The van der Waals surface area contributed by atoms with E-state index in [4.69, 9.17) is 11.6 Å². The number of amides is 1. The topological polar surface area (TPSA) is 61.7 Å². The minimum absolute atomic E-state index is 0. The Morgan fingerprint density at radius 3 is 2.54 bits per heavy atom. The van der Waals surface area contributed by atoms with Gasteiger partial charge in [0, 0.05) is 51.7 Å². The highest BCUT2D eigenvalue weighted by atomic mass is 127. The van der Waals surface area contributed by atoms with E-state index in [0.29, 0.717) is 41.7 Å². The fourth-order valence-corrected chi connectivity index (χ4v) is 2.88. The predicted molar refractivity (Wildman–Crippen MR) is 122 cm³/mol. The number of aliphatic imine (C=N–C) groups is 1. The average Bonchev–Trinajstić information content (AvgIpc) is 2.94. The number of guanidine groups is 1. The van der Waals surface area contributed by atoms with Crippen LogP contribution < -0.4 is 10.6 Å². The normalized spacial score (nSPS) is 11.0. The first-order chi connectivity index (χ1) is 12.8. The van der Waals surface area contributed by atoms with Gasteiger partial charge in [-0.3, -0.25) is 9.79 Å². The van der Waals surface area contributed by atoms with E-state index in [9.17, 15) is 9.18 Å².